The molecule has 2 rings (SSSR count). The predicted octanol–water partition coefficient (Wildman–Crippen LogP) is 1.59. The van der Waals surface area contributed by atoms with Crippen molar-refractivity contribution < 1.29 is 9.00 Å². The van der Waals surface area contributed by atoms with E-state index in [1.54, 1.807) is 4.90 Å². The van der Waals surface area contributed by atoms with Gasteiger partial charge in [-0.1, -0.05) is 23.2 Å². The number of hydrogen-bond donors (Lipinski definition) is 0. The number of pyridine rings is 1. The van der Waals surface area contributed by atoms with Crippen molar-refractivity contribution in [2.75, 3.05) is 24.6 Å². The maximum atomic E-state index is 12.1. The first-order valence-corrected chi connectivity index (χ1v) is 7.27. The first kappa shape index (κ1) is 12.8. The minimum atomic E-state index is -0.799. The van der Waals surface area contributed by atoms with Gasteiger partial charge in [-0.25, -0.2) is 4.98 Å². The normalized spacial score (nSPS) is 17.2. The molecule has 0 spiro atoms. The summed E-state index contributed by atoms with van der Waals surface area (Å²) in [6, 6.07) is 1.50. The lowest BCUT2D eigenvalue weighted by Gasteiger charge is -2.26. The third-order valence-electron chi connectivity index (χ3n) is 2.51. The molecule has 0 atom stereocenters. The number of nitrogens with zero attached hydrogens (tertiary/aromatic N) is 2. The summed E-state index contributed by atoms with van der Waals surface area (Å²) < 4.78 is 11.2. The van der Waals surface area contributed by atoms with E-state index in [1.807, 2.05) is 0 Å². The first-order chi connectivity index (χ1) is 8.08. The van der Waals surface area contributed by atoms with Crippen molar-refractivity contribution in [1.29, 1.82) is 0 Å². The lowest BCUT2D eigenvalue weighted by molar-refractivity contribution is 0.0771. The Morgan fingerprint density at radius 2 is 2.00 bits per heavy atom. The van der Waals surface area contributed by atoms with Crippen LogP contribution in [0.5, 0.6) is 0 Å². The van der Waals surface area contributed by atoms with E-state index in [9.17, 15) is 9.00 Å². The molecule has 0 bridgehead atoms. The number of carbonyl (C=O) groups excluding carboxylic acids is 1. The van der Waals surface area contributed by atoms with Crippen LogP contribution in [0.1, 0.15) is 10.4 Å². The molecule has 1 aliphatic heterocycles. The second-order valence-corrected chi connectivity index (χ2v) is 6.10. The number of amides is 1. The van der Waals surface area contributed by atoms with Gasteiger partial charge in [0.15, 0.2) is 0 Å². The molecule has 0 N–H and O–H groups in total. The fourth-order valence-electron chi connectivity index (χ4n) is 1.56. The minimum Gasteiger partial charge on any atom is -0.337 e. The zero-order chi connectivity index (χ0) is 12.4. The maximum Gasteiger partial charge on any atom is 0.255 e. The molecule has 92 valence electrons. The molecule has 7 heteroatoms. The third kappa shape index (κ3) is 2.97. The van der Waals surface area contributed by atoms with Gasteiger partial charge in [-0.05, 0) is 6.07 Å². The molecule has 0 aliphatic carbocycles. The molecular formula is C10H10Cl2N2O2S. The summed E-state index contributed by atoms with van der Waals surface area (Å²) in [5.74, 6) is 0.911. The quantitative estimate of drug-likeness (QED) is 0.739. The van der Waals surface area contributed by atoms with Crippen LogP contribution in [-0.4, -0.2) is 44.6 Å². The standard InChI is InChI=1S/C10H10Cl2N2O2S/c11-8-5-7(6-13-9(8)12)10(15)14-1-3-17(16)4-2-14/h5-6H,1-4H2. The number of carbonyl (C=O) groups is 1. The molecule has 0 saturated carbocycles. The van der Waals surface area contributed by atoms with Gasteiger partial charge < -0.3 is 4.90 Å². The number of hydrogen-bond acceptors (Lipinski definition) is 3. The summed E-state index contributed by atoms with van der Waals surface area (Å²) in [7, 11) is -0.799. The molecule has 0 aromatic carbocycles. The van der Waals surface area contributed by atoms with Crippen molar-refractivity contribution in [3.63, 3.8) is 0 Å². The van der Waals surface area contributed by atoms with Crippen LogP contribution in [0.2, 0.25) is 10.2 Å². The van der Waals surface area contributed by atoms with Gasteiger partial charge in [-0.2, -0.15) is 0 Å². The zero-order valence-corrected chi connectivity index (χ0v) is 11.2. The molecule has 1 fully saturated rings. The van der Waals surface area contributed by atoms with Crippen LogP contribution in [0.3, 0.4) is 0 Å². The molecule has 2 heterocycles. The van der Waals surface area contributed by atoms with Gasteiger partial charge in [-0.3, -0.25) is 9.00 Å². The van der Waals surface area contributed by atoms with E-state index < -0.39 is 10.8 Å². The number of halogens is 2. The Kier molecular flexibility index (Phi) is 4.01. The highest BCUT2D eigenvalue weighted by Gasteiger charge is 2.21. The average molecular weight is 293 g/mol. The number of rotatable bonds is 1. The largest absolute Gasteiger partial charge is 0.337 e. The van der Waals surface area contributed by atoms with Gasteiger partial charge in [0, 0.05) is 41.6 Å². The fourth-order valence-corrected chi connectivity index (χ4v) is 2.88. The van der Waals surface area contributed by atoms with Crippen LogP contribution < -0.4 is 0 Å². The van der Waals surface area contributed by atoms with Crippen LogP contribution in [0.25, 0.3) is 0 Å². The molecule has 4 nitrogen and oxygen atoms in total. The third-order valence-corrected chi connectivity index (χ3v) is 4.47. The Balaban J connectivity index is 2.14. The summed E-state index contributed by atoms with van der Waals surface area (Å²) >= 11 is 11.5. The maximum absolute atomic E-state index is 12.1. The lowest BCUT2D eigenvalue weighted by atomic mass is 10.2. The molecule has 1 amide bonds. The summed E-state index contributed by atoms with van der Waals surface area (Å²) in [6.07, 6.45) is 1.40. The van der Waals surface area contributed by atoms with Gasteiger partial charge >= 0.3 is 0 Å². The van der Waals surface area contributed by atoms with E-state index in [2.05, 4.69) is 4.98 Å². The average Bonchev–Trinajstić information content (AvgIpc) is 2.33. The summed E-state index contributed by atoms with van der Waals surface area (Å²) in [6.45, 7) is 1.01. The molecule has 1 aromatic rings. The van der Waals surface area contributed by atoms with E-state index in [0.717, 1.165) is 0 Å². The van der Waals surface area contributed by atoms with E-state index in [0.29, 0.717) is 30.2 Å². The lowest BCUT2D eigenvalue weighted by Crippen LogP contribution is -2.41. The molecule has 1 saturated heterocycles. The van der Waals surface area contributed by atoms with E-state index >= 15 is 0 Å². The van der Waals surface area contributed by atoms with Crippen LogP contribution in [0.4, 0.5) is 0 Å². The first-order valence-electron chi connectivity index (χ1n) is 5.03. The Bertz CT molecular complexity index is 471. The molecule has 1 aliphatic rings. The highest BCUT2D eigenvalue weighted by atomic mass is 35.5. The Hall–Kier alpha value is -0.650. The number of aromatic nitrogens is 1. The highest BCUT2D eigenvalue weighted by Crippen LogP contribution is 2.20. The van der Waals surface area contributed by atoms with E-state index in [-0.39, 0.29) is 16.1 Å². The van der Waals surface area contributed by atoms with Crippen molar-refractivity contribution in [3.05, 3.63) is 28.0 Å². The predicted molar refractivity (Wildman–Crippen MR) is 68.0 cm³/mol. The summed E-state index contributed by atoms with van der Waals surface area (Å²) in [5, 5.41) is 0.445. The van der Waals surface area contributed by atoms with Gasteiger partial charge in [-0.15, -0.1) is 0 Å². The molecular weight excluding hydrogens is 283 g/mol. The van der Waals surface area contributed by atoms with Crippen molar-refractivity contribution in [2.24, 2.45) is 0 Å². The second-order valence-electron chi connectivity index (χ2n) is 3.64. The van der Waals surface area contributed by atoms with Crippen molar-refractivity contribution in [3.8, 4) is 0 Å². The van der Waals surface area contributed by atoms with Crippen molar-refractivity contribution >= 4 is 39.9 Å². The van der Waals surface area contributed by atoms with Gasteiger partial charge in [0.05, 0.1) is 10.6 Å². The highest BCUT2D eigenvalue weighted by molar-refractivity contribution is 7.85. The van der Waals surface area contributed by atoms with Crippen LogP contribution in [0, 0.1) is 0 Å². The van der Waals surface area contributed by atoms with E-state index in [4.69, 9.17) is 23.2 Å². The Morgan fingerprint density at radius 3 is 2.59 bits per heavy atom. The molecule has 17 heavy (non-hydrogen) atoms. The van der Waals surface area contributed by atoms with Gasteiger partial charge in [0.25, 0.3) is 5.91 Å². The topological polar surface area (TPSA) is 50.3 Å². The Morgan fingerprint density at radius 1 is 1.35 bits per heavy atom. The SMILES string of the molecule is O=C(c1cnc(Cl)c(Cl)c1)N1CCS(=O)CC1. The van der Waals surface area contributed by atoms with Crippen LogP contribution >= 0.6 is 23.2 Å². The van der Waals surface area contributed by atoms with Crippen LogP contribution in [0.15, 0.2) is 12.3 Å². The van der Waals surface area contributed by atoms with Crippen molar-refractivity contribution in [2.45, 2.75) is 0 Å². The zero-order valence-electron chi connectivity index (χ0n) is 8.86. The summed E-state index contributed by atoms with van der Waals surface area (Å²) in [5.41, 5.74) is 0.409. The van der Waals surface area contributed by atoms with Crippen LogP contribution in [-0.2, 0) is 10.8 Å². The second kappa shape index (κ2) is 5.33. The monoisotopic (exact) mass is 292 g/mol. The Labute approximate surface area is 111 Å². The molecule has 0 unspecified atom stereocenters. The molecule has 0 radical (unpaired) electrons. The smallest absolute Gasteiger partial charge is 0.255 e. The van der Waals surface area contributed by atoms with E-state index in [1.165, 1.54) is 12.3 Å². The summed E-state index contributed by atoms with van der Waals surface area (Å²) in [4.78, 5) is 17.5. The molecule has 1 aromatic heterocycles. The van der Waals surface area contributed by atoms with Crippen molar-refractivity contribution in [1.82, 2.24) is 9.88 Å². The fraction of sp³-hybridized carbons (Fsp3) is 0.400. The minimum absolute atomic E-state index is 0.146. The van der Waals surface area contributed by atoms with Gasteiger partial charge in [0.1, 0.15) is 5.15 Å². The van der Waals surface area contributed by atoms with Gasteiger partial charge in [0.2, 0.25) is 0 Å².